The number of cyclic esters (lactones) is 1. The molecule has 6 rings (SSSR count). The summed E-state index contributed by atoms with van der Waals surface area (Å²) < 4.78 is 23.7. The zero-order chi connectivity index (χ0) is 34.2. The molecule has 6 aliphatic rings. The van der Waals surface area contributed by atoms with Crippen molar-refractivity contribution in [3.8, 4) is 0 Å². The molecule has 0 bridgehead atoms. The van der Waals surface area contributed by atoms with Crippen molar-refractivity contribution in [1.29, 1.82) is 0 Å². The van der Waals surface area contributed by atoms with Crippen LogP contribution in [0.3, 0.4) is 0 Å². The molecule has 11 nitrogen and oxygen atoms in total. The Morgan fingerprint density at radius 3 is 2.45 bits per heavy atom. The number of esters is 2. The molecule has 0 amide bonds. The second-order valence-electron chi connectivity index (χ2n) is 16.0. The number of carbonyl (C=O) groups excluding carboxylic acids is 2. The maximum absolute atomic E-state index is 12.6. The molecule has 2 heterocycles. The zero-order valence-electron chi connectivity index (χ0n) is 28.6. The summed E-state index contributed by atoms with van der Waals surface area (Å²) in [7, 11) is 0. The minimum Gasteiger partial charge on any atom is -0.462 e. The molecule has 0 spiro atoms. The van der Waals surface area contributed by atoms with Gasteiger partial charge in [0.15, 0.2) is 6.29 Å². The second kappa shape index (κ2) is 12.5. The van der Waals surface area contributed by atoms with Crippen molar-refractivity contribution in [2.45, 2.75) is 148 Å². The summed E-state index contributed by atoms with van der Waals surface area (Å²) in [6, 6.07) is 0. The molecule has 0 aromatic rings. The van der Waals surface area contributed by atoms with Crippen LogP contribution in [0.25, 0.3) is 0 Å². The van der Waals surface area contributed by atoms with Gasteiger partial charge >= 0.3 is 11.9 Å². The Balaban J connectivity index is 1.24. The van der Waals surface area contributed by atoms with E-state index in [1.807, 2.05) is 13.8 Å². The molecule has 2 aliphatic heterocycles. The first-order chi connectivity index (χ1) is 22.0. The minimum atomic E-state index is -1.54. The lowest BCUT2D eigenvalue weighted by Crippen LogP contribution is -2.61. The van der Waals surface area contributed by atoms with Crippen LogP contribution in [0.4, 0.5) is 0 Å². The predicted octanol–water partition coefficient (Wildman–Crippen LogP) is 2.69. The fourth-order valence-electron chi connectivity index (χ4n) is 10.9. The van der Waals surface area contributed by atoms with E-state index < -0.39 is 66.6 Å². The lowest BCUT2D eigenvalue weighted by atomic mass is 9.46. The van der Waals surface area contributed by atoms with E-state index in [0.717, 1.165) is 43.3 Å². The highest BCUT2D eigenvalue weighted by molar-refractivity contribution is 5.89. The summed E-state index contributed by atoms with van der Waals surface area (Å²) in [6.07, 6.45) is -0.262. The molecular formula is C36H54O11. The van der Waals surface area contributed by atoms with E-state index in [1.54, 1.807) is 6.92 Å². The Bertz CT molecular complexity index is 1310. The van der Waals surface area contributed by atoms with Gasteiger partial charge in [0.2, 0.25) is 0 Å². The highest BCUT2D eigenvalue weighted by atomic mass is 16.7. The minimum absolute atomic E-state index is 0.0323. The molecule has 264 valence electrons. The van der Waals surface area contributed by atoms with Crippen LogP contribution < -0.4 is 0 Å². The first-order valence-corrected chi connectivity index (χ1v) is 17.5. The second-order valence-corrected chi connectivity index (χ2v) is 16.0. The number of allylic oxidation sites excluding steroid dienone is 1. The third kappa shape index (κ3) is 5.62. The first-order valence-electron chi connectivity index (χ1n) is 17.5. The molecule has 0 radical (unpaired) electrons. The molecule has 15 atom stereocenters. The molecule has 0 aromatic heterocycles. The molecule has 1 saturated heterocycles. The number of aliphatic hydroxyl groups is 5. The number of aliphatic hydroxyl groups excluding tert-OH is 4. The van der Waals surface area contributed by atoms with E-state index in [9.17, 15) is 35.1 Å². The number of carbonyl (C=O) groups is 2. The van der Waals surface area contributed by atoms with E-state index in [4.69, 9.17) is 18.9 Å². The maximum Gasteiger partial charge on any atom is 0.334 e. The van der Waals surface area contributed by atoms with Gasteiger partial charge in [-0.1, -0.05) is 31.1 Å². The predicted molar refractivity (Wildman–Crippen MR) is 168 cm³/mol. The van der Waals surface area contributed by atoms with Crippen LogP contribution in [0.2, 0.25) is 0 Å². The van der Waals surface area contributed by atoms with Gasteiger partial charge in [-0.15, -0.1) is 0 Å². The van der Waals surface area contributed by atoms with Crippen molar-refractivity contribution in [3.05, 3.63) is 22.8 Å². The molecule has 4 aliphatic carbocycles. The maximum atomic E-state index is 12.6. The number of rotatable bonds is 6. The fourth-order valence-corrected chi connectivity index (χ4v) is 10.9. The van der Waals surface area contributed by atoms with E-state index in [2.05, 4.69) is 19.9 Å². The molecular weight excluding hydrogens is 608 g/mol. The normalized spacial score (nSPS) is 48.0. The third-order valence-electron chi connectivity index (χ3n) is 13.7. The van der Waals surface area contributed by atoms with E-state index in [-0.39, 0.29) is 29.2 Å². The molecule has 11 heteroatoms. The van der Waals surface area contributed by atoms with Gasteiger partial charge in [0.1, 0.15) is 42.2 Å². The first kappa shape index (κ1) is 35.0. The quantitative estimate of drug-likeness (QED) is 0.209. The van der Waals surface area contributed by atoms with Crippen LogP contribution in [0.1, 0.15) is 92.9 Å². The van der Waals surface area contributed by atoms with E-state index >= 15 is 0 Å². The van der Waals surface area contributed by atoms with Crippen LogP contribution in [0.5, 0.6) is 0 Å². The van der Waals surface area contributed by atoms with Crippen LogP contribution in [0, 0.1) is 34.5 Å². The SMILES string of the molecule is CC(=O)O[C@H]1C[C@H](O[C@H]2O[C@@H](CO)[C@H](O)[C@@H](O)[C@@H]2O)CC2=CC[C@H]3[C@@H]4CC[C@H]([C@@](C)(O)[C@@H]5CC(C)=C(C)C(=O)O5)[C@@]4(C)CC[C@@H]3[C@]21C. The third-order valence-corrected chi connectivity index (χ3v) is 13.7. The van der Waals surface area contributed by atoms with Gasteiger partial charge in [-0.3, -0.25) is 4.79 Å². The van der Waals surface area contributed by atoms with Gasteiger partial charge in [0, 0.05) is 30.8 Å². The van der Waals surface area contributed by atoms with Gasteiger partial charge < -0.3 is 44.5 Å². The Hall–Kier alpha value is -1.86. The van der Waals surface area contributed by atoms with Gasteiger partial charge in [-0.25, -0.2) is 4.79 Å². The number of ether oxygens (including phenoxy) is 4. The van der Waals surface area contributed by atoms with Crippen molar-refractivity contribution in [1.82, 2.24) is 0 Å². The van der Waals surface area contributed by atoms with E-state index in [1.165, 1.54) is 6.92 Å². The lowest BCUT2D eigenvalue weighted by molar-refractivity contribution is -0.315. The molecule has 3 saturated carbocycles. The average Bonchev–Trinajstić information content (AvgIpc) is 3.38. The zero-order valence-corrected chi connectivity index (χ0v) is 28.6. The fraction of sp³-hybridized carbons (Fsp3) is 0.833. The standard InChI is InChI=1S/C36H54O11/c1-17-13-28(47-32(42)18(17)2)36(6,43)26-10-9-23-22-8-7-20-14-21(45-33-31(41)30(40)29(39)25(16-37)46-33)15-27(44-19(3)38)35(20,5)24(22)11-12-34(23,26)4/h7,21-31,33,37,39-41,43H,8-16H2,1-6H3/t21-,22+,23+,24+,25+,26+,27+,28+,29+,30-,31+,33+,34+,35+,36-/m1/s1. The highest BCUT2D eigenvalue weighted by Gasteiger charge is 2.65. The number of fused-ring (bicyclic) bond motifs is 5. The Morgan fingerprint density at radius 1 is 1.06 bits per heavy atom. The largest absolute Gasteiger partial charge is 0.462 e. The van der Waals surface area contributed by atoms with Crippen molar-refractivity contribution in [2.24, 2.45) is 34.5 Å². The molecule has 47 heavy (non-hydrogen) atoms. The van der Waals surface area contributed by atoms with E-state index in [0.29, 0.717) is 36.7 Å². The van der Waals surface area contributed by atoms with Gasteiger partial charge in [0.05, 0.1) is 12.7 Å². The summed E-state index contributed by atoms with van der Waals surface area (Å²) in [6.45, 7) is 11.0. The van der Waals surface area contributed by atoms with Gasteiger partial charge in [-0.2, -0.15) is 0 Å². The molecule has 0 aromatic carbocycles. The van der Waals surface area contributed by atoms with Crippen LogP contribution in [0.15, 0.2) is 22.8 Å². The smallest absolute Gasteiger partial charge is 0.334 e. The Labute approximate surface area is 277 Å². The van der Waals surface area contributed by atoms with Gasteiger partial charge in [-0.05, 0) is 88.4 Å². The van der Waals surface area contributed by atoms with Crippen molar-refractivity contribution in [2.75, 3.05) is 6.61 Å². The molecule has 0 unspecified atom stereocenters. The van der Waals surface area contributed by atoms with Crippen LogP contribution in [-0.4, -0.2) is 98.7 Å². The van der Waals surface area contributed by atoms with Gasteiger partial charge in [0.25, 0.3) is 0 Å². The molecule has 5 N–H and O–H groups in total. The lowest BCUT2D eigenvalue weighted by Gasteiger charge is -2.60. The Kier molecular flexibility index (Phi) is 9.29. The van der Waals surface area contributed by atoms with Crippen LogP contribution in [-0.2, 0) is 28.5 Å². The summed E-state index contributed by atoms with van der Waals surface area (Å²) >= 11 is 0. The van der Waals surface area contributed by atoms with Crippen molar-refractivity contribution >= 4 is 11.9 Å². The summed E-state index contributed by atoms with van der Waals surface area (Å²) in [5.74, 6) is 0.138. The average molecular weight is 663 g/mol. The number of hydrogen-bond donors (Lipinski definition) is 5. The summed E-state index contributed by atoms with van der Waals surface area (Å²) in [4.78, 5) is 25.1. The topological polar surface area (TPSA) is 172 Å². The highest BCUT2D eigenvalue weighted by Crippen LogP contribution is 2.68. The Morgan fingerprint density at radius 2 is 1.79 bits per heavy atom. The van der Waals surface area contributed by atoms with Crippen molar-refractivity contribution < 1.29 is 54.1 Å². The monoisotopic (exact) mass is 662 g/mol. The molecule has 4 fully saturated rings. The summed E-state index contributed by atoms with van der Waals surface area (Å²) in [5.41, 5.74) is 0.973. The number of hydrogen-bond acceptors (Lipinski definition) is 11. The summed E-state index contributed by atoms with van der Waals surface area (Å²) in [5, 5.41) is 52.9. The van der Waals surface area contributed by atoms with Crippen LogP contribution >= 0.6 is 0 Å². The van der Waals surface area contributed by atoms with Crippen molar-refractivity contribution in [3.63, 3.8) is 0 Å².